The number of terminal acetylenes is 1. The fourth-order valence-corrected chi connectivity index (χ4v) is 2.30. The molecule has 0 spiro atoms. The molecule has 0 radical (unpaired) electrons. The van der Waals surface area contributed by atoms with Gasteiger partial charge in [-0.25, -0.2) is 0 Å². The predicted octanol–water partition coefficient (Wildman–Crippen LogP) is 2.61. The van der Waals surface area contributed by atoms with Gasteiger partial charge < -0.3 is 14.8 Å². The van der Waals surface area contributed by atoms with Gasteiger partial charge in [-0.2, -0.15) is 0 Å². The minimum absolute atomic E-state index is 0.0159. The van der Waals surface area contributed by atoms with Crippen molar-refractivity contribution in [2.45, 2.75) is 12.8 Å². The Bertz CT molecular complexity index is 705. The molecule has 0 aromatic heterocycles. The Labute approximate surface area is 142 Å². The van der Waals surface area contributed by atoms with Gasteiger partial charge in [-0.15, -0.1) is 6.42 Å². The Balaban J connectivity index is 1.83. The largest absolute Gasteiger partial charge is 0.493 e. The minimum atomic E-state index is 0.0159. The fourth-order valence-electron chi connectivity index (χ4n) is 2.30. The van der Waals surface area contributed by atoms with Crippen molar-refractivity contribution in [2.24, 2.45) is 0 Å². The van der Waals surface area contributed by atoms with Crippen LogP contribution in [0.1, 0.15) is 11.1 Å². The highest BCUT2D eigenvalue weighted by molar-refractivity contribution is 5.78. The molecule has 0 unspecified atom stereocenters. The molecule has 4 nitrogen and oxygen atoms in total. The number of carbonyl (C=O) groups is 1. The maximum absolute atomic E-state index is 11.9. The third-order valence-corrected chi connectivity index (χ3v) is 3.48. The lowest BCUT2D eigenvalue weighted by atomic mass is 10.1. The average Bonchev–Trinajstić information content (AvgIpc) is 2.61. The van der Waals surface area contributed by atoms with Gasteiger partial charge in [-0.05, 0) is 29.7 Å². The summed E-state index contributed by atoms with van der Waals surface area (Å²) in [6, 6.07) is 15.4. The normalized spacial score (nSPS) is 9.83. The van der Waals surface area contributed by atoms with Crippen LogP contribution in [-0.4, -0.2) is 26.2 Å². The molecule has 2 aromatic carbocycles. The molecule has 0 atom stereocenters. The summed E-state index contributed by atoms with van der Waals surface area (Å²) >= 11 is 0. The molecule has 0 heterocycles. The molecule has 1 N–H and O–H groups in total. The first kappa shape index (κ1) is 17.4. The molecular weight excluding hydrogens is 302 g/mol. The van der Waals surface area contributed by atoms with Gasteiger partial charge in [0.2, 0.25) is 5.91 Å². The van der Waals surface area contributed by atoms with Crippen LogP contribution in [-0.2, 0) is 17.6 Å². The molecule has 124 valence electrons. The third kappa shape index (κ3) is 5.36. The standard InChI is InChI=1S/C20H21NO3/c1-3-13-24-18-10-9-17(14-19(18)23-2)11-12-21-20(22)15-16-7-5-4-6-8-16/h1,4-10,14H,11-13,15H2,2H3,(H,21,22). The van der Waals surface area contributed by atoms with Gasteiger partial charge in [0.25, 0.3) is 0 Å². The number of carbonyl (C=O) groups excluding carboxylic acids is 1. The van der Waals surface area contributed by atoms with E-state index in [9.17, 15) is 4.79 Å². The van der Waals surface area contributed by atoms with Crippen molar-refractivity contribution >= 4 is 5.91 Å². The zero-order valence-electron chi connectivity index (χ0n) is 13.7. The number of hydrogen-bond acceptors (Lipinski definition) is 3. The number of benzene rings is 2. The lowest BCUT2D eigenvalue weighted by Gasteiger charge is -2.11. The van der Waals surface area contributed by atoms with Crippen LogP contribution < -0.4 is 14.8 Å². The second kappa shape index (κ2) is 9.26. The molecular formula is C20H21NO3. The Morgan fingerprint density at radius 2 is 1.92 bits per heavy atom. The summed E-state index contributed by atoms with van der Waals surface area (Å²) in [5, 5.41) is 2.93. The zero-order valence-corrected chi connectivity index (χ0v) is 13.7. The van der Waals surface area contributed by atoms with Gasteiger partial charge in [-0.3, -0.25) is 4.79 Å². The van der Waals surface area contributed by atoms with Crippen LogP contribution in [0, 0.1) is 12.3 Å². The van der Waals surface area contributed by atoms with Crippen LogP contribution in [0.15, 0.2) is 48.5 Å². The molecule has 4 heteroatoms. The highest BCUT2D eigenvalue weighted by atomic mass is 16.5. The van der Waals surface area contributed by atoms with Gasteiger partial charge in [0.15, 0.2) is 11.5 Å². The molecule has 0 saturated heterocycles. The van der Waals surface area contributed by atoms with Crippen LogP contribution in [0.2, 0.25) is 0 Å². The van der Waals surface area contributed by atoms with Gasteiger partial charge in [0.05, 0.1) is 13.5 Å². The Morgan fingerprint density at radius 1 is 1.12 bits per heavy atom. The molecule has 0 bridgehead atoms. The van der Waals surface area contributed by atoms with E-state index in [1.807, 2.05) is 48.5 Å². The van der Waals surface area contributed by atoms with E-state index in [1.165, 1.54) is 0 Å². The lowest BCUT2D eigenvalue weighted by molar-refractivity contribution is -0.120. The average molecular weight is 323 g/mol. The van der Waals surface area contributed by atoms with Crippen LogP contribution in [0.25, 0.3) is 0 Å². The number of methoxy groups -OCH3 is 1. The SMILES string of the molecule is C#CCOc1ccc(CCNC(=O)Cc2ccccc2)cc1OC. The number of ether oxygens (including phenoxy) is 2. The predicted molar refractivity (Wildman–Crippen MR) is 94.2 cm³/mol. The van der Waals surface area contributed by atoms with Crippen molar-refractivity contribution < 1.29 is 14.3 Å². The van der Waals surface area contributed by atoms with E-state index >= 15 is 0 Å². The second-order valence-electron chi connectivity index (χ2n) is 5.24. The summed E-state index contributed by atoms with van der Waals surface area (Å²) in [5.41, 5.74) is 2.06. The van der Waals surface area contributed by atoms with Crippen molar-refractivity contribution in [1.29, 1.82) is 0 Å². The summed E-state index contributed by atoms with van der Waals surface area (Å²) < 4.78 is 10.7. The van der Waals surface area contributed by atoms with E-state index in [2.05, 4.69) is 11.2 Å². The van der Waals surface area contributed by atoms with Crippen molar-refractivity contribution in [3.8, 4) is 23.8 Å². The summed E-state index contributed by atoms with van der Waals surface area (Å²) in [4.78, 5) is 11.9. The highest BCUT2D eigenvalue weighted by Gasteiger charge is 2.07. The maximum Gasteiger partial charge on any atom is 0.224 e. The summed E-state index contributed by atoms with van der Waals surface area (Å²) in [7, 11) is 1.59. The van der Waals surface area contributed by atoms with Crippen molar-refractivity contribution in [1.82, 2.24) is 5.32 Å². The summed E-state index contributed by atoms with van der Waals surface area (Å²) in [6.07, 6.45) is 6.30. The smallest absolute Gasteiger partial charge is 0.224 e. The summed E-state index contributed by atoms with van der Waals surface area (Å²) in [6.45, 7) is 0.768. The number of nitrogens with one attached hydrogen (secondary N) is 1. The van der Waals surface area contributed by atoms with Crippen LogP contribution in [0.4, 0.5) is 0 Å². The number of amides is 1. The molecule has 1 amide bonds. The van der Waals surface area contributed by atoms with Crippen molar-refractivity contribution in [2.75, 3.05) is 20.3 Å². The molecule has 24 heavy (non-hydrogen) atoms. The van der Waals surface area contributed by atoms with E-state index in [0.717, 1.165) is 11.1 Å². The fraction of sp³-hybridized carbons (Fsp3) is 0.250. The highest BCUT2D eigenvalue weighted by Crippen LogP contribution is 2.28. The topological polar surface area (TPSA) is 47.6 Å². The van der Waals surface area contributed by atoms with Gasteiger partial charge in [-0.1, -0.05) is 42.3 Å². The first-order chi connectivity index (χ1) is 11.7. The van der Waals surface area contributed by atoms with Gasteiger partial charge >= 0.3 is 0 Å². The minimum Gasteiger partial charge on any atom is -0.493 e. The molecule has 0 aliphatic carbocycles. The first-order valence-corrected chi connectivity index (χ1v) is 7.76. The van der Waals surface area contributed by atoms with Crippen LogP contribution in [0.3, 0.4) is 0 Å². The first-order valence-electron chi connectivity index (χ1n) is 7.76. The third-order valence-electron chi connectivity index (χ3n) is 3.48. The van der Waals surface area contributed by atoms with E-state index in [1.54, 1.807) is 7.11 Å². The molecule has 0 fully saturated rings. The maximum atomic E-state index is 11.9. The van der Waals surface area contributed by atoms with E-state index in [0.29, 0.717) is 30.9 Å². The van der Waals surface area contributed by atoms with E-state index < -0.39 is 0 Å². The monoisotopic (exact) mass is 323 g/mol. The Hall–Kier alpha value is -2.93. The lowest BCUT2D eigenvalue weighted by Crippen LogP contribution is -2.27. The quantitative estimate of drug-likeness (QED) is 0.760. The Morgan fingerprint density at radius 3 is 2.62 bits per heavy atom. The molecule has 0 aliphatic heterocycles. The second-order valence-corrected chi connectivity index (χ2v) is 5.24. The van der Waals surface area contributed by atoms with Crippen molar-refractivity contribution in [3.05, 3.63) is 59.7 Å². The van der Waals surface area contributed by atoms with Gasteiger partial charge in [0.1, 0.15) is 6.61 Å². The summed E-state index contributed by atoms with van der Waals surface area (Å²) in [5.74, 6) is 3.69. The molecule has 0 aliphatic rings. The molecule has 0 saturated carbocycles. The number of hydrogen-bond donors (Lipinski definition) is 1. The molecule has 2 aromatic rings. The number of rotatable bonds is 8. The molecule has 2 rings (SSSR count). The van der Waals surface area contributed by atoms with Crippen molar-refractivity contribution in [3.63, 3.8) is 0 Å². The van der Waals surface area contributed by atoms with E-state index in [-0.39, 0.29) is 12.5 Å². The van der Waals surface area contributed by atoms with E-state index in [4.69, 9.17) is 15.9 Å². The van der Waals surface area contributed by atoms with Crippen LogP contribution >= 0.6 is 0 Å². The van der Waals surface area contributed by atoms with Gasteiger partial charge in [0, 0.05) is 6.54 Å². The Kier molecular flexibility index (Phi) is 6.73. The van der Waals surface area contributed by atoms with Crippen LogP contribution in [0.5, 0.6) is 11.5 Å². The zero-order chi connectivity index (χ0) is 17.2.